The molecule has 2 aromatic heterocycles. The number of nitriles is 1. The summed E-state index contributed by atoms with van der Waals surface area (Å²) in [6.45, 7) is 3.75. The normalized spacial score (nSPS) is 11.9. The lowest BCUT2D eigenvalue weighted by Gasteiger charge is -2.15. The van der Waals surface area contributed by atoms with Crippen LogP contribution in [0.3, 0.4) is 0 Å². The van der Waals surface area contributed by atoms with Crippen molar-refractivity contribution in [2.24, 2.45) is 0 Å². The minimum atomic E-state index is -0.926. The number of thioether (sulfide) groups is 1. The largest absolute Gasteiger partial charge is 0.297 e. The molecule has 0 aliphatic heterocycles. The molecule has 1 atom stereocenters. The van der Waals surface area contributed by atoms with Crippen LogP contribution < -0.4 is 5.56 Å². The highest BCUT2D eigenvalue weighted by Crippen LogP contribution is 2.26. The molecule has 154 valence electrons. The topological polar surface area (TPSA) is 88.6 Å². The molecule has 0 aliphatic carbocycles. The van der Waals surface area contributed by atoms with Gasteiger partial charge in [0, 0.05) is 11.1 Å². The predicted octanol–water partition coefficient (Wildman–Crippen LogP) is 4.43. The van der Waals surface area contributed by atoms with E-state index >= 15 is 0 Å². The number of Topliss-reactive ketones (excluding diaryl/α,β-unsaturated/α-hetero) is 1. The zero-order valence-corrected chi connectivity index (χ0v) is 18.5. The van der Waals surface area contributed by atoms with Gasteiger partial charge in [-0.05, 0) is 37.6 Å². The van der Waals surface area contributed by atoms with E-state index in [0.717, 1.165) is 23.0 Å². The Kier molecular flexibility index (Phi) is 5.98. The van der Waals surface area contributed by atoms with Crippen LogP contribution in [0.5, 0.6) is 0 Å². The van der Waals surface area contributed by atoms with Crippen molar-refractivity contribution in [3.8, 4) is 11.8 Å². The lowest BCUT2D eigenvalue weighted by Crippen LogP contribution is -2.23. The van der Waals surface area contributed by atoms with Gasteiger partial charge in [0.2, 0.25) is 0 Å². The van der Waals surface area contributed by atoms with E-state index in [2.05, 4.69) is 16.0 Å². The quantitative estimate of drug-likeness (QED) is 0.322. The summed E-state index contributed by atoms with van der Waals surface area (Å²) >= 11 is 2.46. The maximum Gasteiger partial charge on any atom is 0.266 e. The van der Waals surface area contributed by atoms with Crippen molar-refractivity contribution in [2.75, 3.05) is 5.75 Å². The fourth-order valence-corrected chi connectivity index (χ4v) is 5.00. The van der Waals surface area contributed by atoms with E-state index in [1.54, 1.807) is 22.8 Å². The Morgan fingerprint density at radius 1 is 1.16 bits per heavy atom. The molecular formula is C23H18N4O2S2. The van der Waals surface area contributed by atoms with E-state index in [9.17, 15) is 14.9 Å². The van der Waals surface area contributed by atoms with Crippen LogP contribution in [0, 0.1) is 25.2 Å². The summed E-state index contributed by atoms with van der Waals surface area (Å²) in [5.41, 5.74) is 2.79. The van der Waals surface area contributed by atoms with E-state index in [4.69, 9.17) is 0 Å². The number of nitrogens with zero attached hydrogens (tertiary/aromatic N) is 4. The lowest BCUT2D eigenvalue weighted by molar-refractivity contribution is -0.116. The molecule has 0 aliphatic rings. The molecule has 0 amide bonds. The number of carbonyl (C=O) groups excluding carboxylic acids is 1. The number of fused-ring (bicyclic) bond motifs is 1. The fourth-order valence-electron chi connectivity index (χ4n) is 3.22. The Balaban J connectivity index is 1.74. The Morgan fingerprint density at radius 3 is 2.61 bits per heavy atom. The van der Waals surface area contributed by atoms with E-state index in [-0.39, 0.29) is 17.1 Å². The second-order valence-electron chi connectivity index (χ2n) is 6.98. The first-order valence-electron chi connectivity index (χ1n) is 9.54. The number of aryl methyl sites for hydroxylation is 2. The number of carbonyl (C=O) groups is 1. The van der Waals surface area contributed by atoms with Crippen molar-refractivity contribution in [1.29, 1.82) is 5.26 Å². The number of ketones is 1. The van der Waals surface area contributed by atoms with Gasteiger partial charge >= 0.3 is 0 Å². The molecule has 0 saturated heterocycles. The highest BCUT2D eigenvalue weighted by molar-refractivity contribution is 7.99. The molecule has 0 radical (unpaired) electrons. The Morgan fingerprint density at radius 2 is 1.90 bits per heavy atom. The zero-order chi connectivity index (χ0) is 22.0. The van der Waals surface area contributed by atoms with E-state index in [1.807, 2.05) is 49.6 Å². The van der Waals surface area contributed by atoms with Crippen molar-refractivity contribution < 1.29 is 4.79 Å². The summed E-state index contributed by atoms with van der Waals surface area (Å²) in [6.07, 6.45) is 0. The van der Waals surface area contributed by atoms with Crippen molar-refractivity contribution in [3.63, 3.8) is 0 Å². The maximum absolute atomic E-state index is 13.3. The van der Waals surface area contributed by atoms with Gasteiger partial charge in [-0.25, -0.2) is 9.97 Å². The number of hydrogen-bond acceptors (Lipinski definition) is 7. The van der Waals surface area contributed by atoms with E-state index < -0.39 is 5.92 Å². The summed E-state index contributed by atoms with van der Waals surface area (Å²) in [4.78, 5) is 35.1. The van der Waals surface area contributed by atoms with Crippen molar-refractivity contribution in [2.45, 2.75) is 24.9 Å². The van der Waals surface area contributed by atoms with Crippen LogP contribution in [-0.4, -0.2) is 26.1 Å². The van der Waals surface area contributed by atoms with Gasteiger partial charge in [-0.15, -0.1) is 11.3 Å². The minimum absolute atomic E-state index is 0.00746. The molecule has 0 fully saturated rings. The zero-order valence-electron chi connectivity index (χ0n) is 16.9. The average Bonchev–Trinajstić information content (AvgIpc) is 3.19. The molecule has 6 nitrogen and oxygen atoms in total. The van der Waals surface area contributed by atoms with Gasteiger partial charge < -0.3 is 0 Å². The van der Waals surface area contributed by atoms with Crippen LogP contribution in [-0.2, 0) is 4.79 Å². The van der Waals surface area contributed by atoms with Crippen molar-refractivity contribution in [3.05, 3.63) is 80.5 Å². The summed E-state index contributed by atoms with van der Waals surface area (Å²) in [7, 11) is 0. The molecule has 2 aromatic carbocycles. The molecule has 0 N–H and O–H groups in total. The van der Waals surface area contributed by atoms with Gasteiger partial charge in [-0.1, -0.05) is 42.1 Å². The number of benzene rings is 2. The number of hydrogen-bond donors (Lipinski definition) is 0. The standard InChI is InChI=1S/C23H18N4O2S2/c1-14-7-3-6-10-19(14)27-22(29)16-8-4-5-9-18(16)26-23(27)31-13-20(28)17(11-24)21-25-15(2)12-30-21/h3-10,12,17H,13H2,1-2H3. The molecule has 0 spiro atoms. The van der Waals surface area contributed by atoms with Gasteiger partial charge in [-0.3, -0.25) is 14.2 Å². The third-order valence-electron chi connectivity index (χ3n) is 4.78. The lowest BCUT2D eigenvalue weighted by atomic mass is 10.1. The Bertz CT molecular complexity index is 1380. The first kappa shape index (κ1) is 21.0. The van der Waals surface area contributed by atoms with Crippen molar-refractivity contribution in [1.82, 2.24) is 14.5 Å². The second kappa shape index (κ2) is 8.84. The molecule has 8 heteroatoms. The first-order valence-corrected chi connectivity index (χ1v) is 11.4. The number of aromatic nitrogens is 3. The van der Waals surface area contributed by atoms with Crippen LogP contribution in [0.1, 0.15) is 22.2 Å². The van der Waals surface area contributed by atoms with E-state index in [0.29, 0.717) is 26.8 Å². The monoisotopic (exact) mass is 446 g/mol. The number of thiazole rings is 1. The fraction of sp³-hybridized carbons (Fsp3) is 0.174. The van der Waals surface area contributed by atoms with Crippen molar-refractivity contribution >= 4 is 39.8 Å². The van der Waals surface area contributed by atoms with Gasteiger partial charge in [-0.2, -0.15) is 5.26 Å². The van der Waals surface area contributed by atoms with Gasteiger partial charge in [0.1, 0.15) is 5.01 Å². The van der Waals surface area contributed by atoms with Gasteiger partial charge in [0.25, 0.3) is 5.56 Å². The molecule has 1 unspecified atom stereocenters. The summed E-state index contributed by atoms with van der Waals surface area (Å²) < 4.78 is 1.55. The molecule has 31 heavy (non-hydrogen) atoms. The summed E-state index contributed by atoms with van der Waals surface area (Å²) in [6, 6.07) is 16.8. The Labute approximate surface area is 187 Å². The first-order chi connectivity index (χ1) is 15.0. The number of rotatable bonds is 6. The predicted molar refractivity (Wildman–Crippen MR) is 123 cm³/mol. The SMILES string of the molecule is Cc1csc(C(C#N)C(=O)CSc2nc3ccccc3c(=O)n2-c2ccccc2C)n1. The van der Waals surface area contributed by atoms with Crippen LogP contribution in [0.4, 0.5) is 0 Å². The smallest absolute Gasteiger partial charge is 0.266 e. The summed E-state index contributed by atoms with van der Waals surface area (Å²) in [5, 5.41) is 12.8. The van der Waals surface area contributed by atoms with Crippen LogP contribution in [0.25, 0.3) is 16.6 Å². The number of para-hydroxylation sites is 2. The van der Waals surface area contributed by atoms with Crippen LogP contribution >= 0.6 is 23.1 Å². The average molecular weight is 447 g/mol. The molecule has 0 bridgehead atoms. The van der Waals surface area contributed by atoms with Crippen LogP contribution in [0.15, 0.2) is 63.9 Å². The van der Waals surface area contributed by atoms with Crippen LogP contribution in [0.2, 0.25) is 0 Å². The Hall–Kier alpha value is -3.28. The molecular weight excluding hydrogens is 428 g/mol. The molecule has 4 aromatic rings. The van der Waals surface area contributed by atoms with Gasteiger partial charge in [0.05, 0.1) is 28.4 Å². The maximum atomic E-state index is 13.3. The minimum Gasteiger partial charge on any atom is -0.297 e. The second-order valence-corrected chi connectivity index (χ2v) is 8.81. The molecule has 0 saturated carbocycles. The highest BCUT2D eigenvalue weighted by atomic mass is 32.2. The van der Waals surface area contributed by atoms with Gasteiger partial charge in [0.15, 0.2) is 16.9 Å². The van der Waals surface area contributed by atoms with E-state index in [1.165, 1.54) is 11.3 Å². The summed E-state index contributed by atoms with van der Waals surface area (Å²) in [5.74, 6) is -1.18. The molecule has 2 heterocycles. The third kappa shape index (κ3) is 4.15. The third-order valence-corrected chi connectivity index (χ3v) is 6.77. The molecule has 4 rings (SSSR count). The highest BCUT2D eigenvalue weighted by Gasteiger charge is 2.24.